The molecule has 3 aromatic rings. The number of thiazole rings is 1. The number of fused-ring (bicyclic) bond motifs is 1. The van der Waals surface area contributed by atoms with E-state index in [2.05, 4.69) is 4.72 Å². The van der Waals surface area contributed by atoms with Crippen molar-refractivity contribution in [3.05, 3.63) is 45.4 Å². The molecular weight excluding hydrogens is 340 g/mol. The van der Waals surface area contributed by atoms with Gasteiger partial charge in [-0.2, -0.15) is 0 Å². The lowest BCUT2D eigenvalue weighted by atomic mass is 10.3. The number of nitrogens with zero attached hydrogens (tertiary/aromatic N) is 1. The Morgan fingerprint density at radius 1 is 1.27 bits per heavy atom. The van der Waals surface area contributed by atoms with E-state index in [4.69, 9.17) is 0 Å². The van der Waals surface area contributed by atoms with Gasteiger partial charge in [0.1, 0.15) is 4.21 Å². The van der Waals surface area contributed by atoms with E-state index in [9.17, 15) is 13.2 Å². The van der Waals surface area contributed by atoms with Crippen LogP contribution in [0.15, 0.2) is 44.7 Å². The smallest absolute Gasteiger partial charge is 0.299 e. The molecule has 0 bridgehead atoms. The summed E-state index contributed by atoms with van der Waals surface area (Å²) in [5.41, 5.74) is 1.31. The lowest BCUT2D eigenvalue weighted by Crippen LogP contribution is -2.12. The number of aryl methyl sites for hydroxylation is 1. The molecule has 2 aromatic heterocycles. The molecule has 2 heterocycles. The van der Waals surface area contributed by atoms with Crippen LogP contribution in [-0.2, 0) is 16.6 Å². The second kappa shape index (κ2) is 5.86. The van der Waals surface area contributed by atoms with Crippen molar-refractivity contribution >= 4 is 48.6 Å². The summed E-state index contributed by atoms with van der Waals surface area (Å²) >= 11 is 2.30. The molecule has 1 aromatic carbocycles. The predicted octanol–water partition coefficient (Wildman–Crippen LogP) is 3.34. The molecule has 0 aliphatic heterocycles. The Morgan fingerprint density at radius 3 is 2.77 bits per heavy atom. The van der Waals surface area contributed by atoms with Crippen LogP contribution < -0.4 is 9.60 Å². The van der Waals surface area contributed by atoms with E-state index in [1.807, 2.05) is 6.92 Å². The predicted molar refractivity (Wildman–Crippen MR) is 91.5 cm³/mol. The first-order valence-electron chi connectivity index (χ1n) is 6.71. The van der Waals surface area contributed by atoms with E-state index < -0.39 is 10.0 Å². The van der Waals surface area contributed by atoms with Gasteiger partial charge < -0.3 is 0 Å². The molecule has 1 N–H and O–H groups in total. The van der Waals surface area contributed by atoms with Crippen molar-refractivity contribution in [2.75, 3.05) is 4.72 Å². The Labute approximate surface area is 135 Å². The van der Waals surface area contributed by atoms with Gasteiger partial charge in [-0.15, -0.1) is 11.3 Å². The van der Waals surface area contributed by atoms with Crippen molar-refractivity contribution in [3.63, 3.8) is 0 Å². The molecule has 0 amide bonds. The van der Waals surface area contributed by atoms with Crippen LogP contribution in [-0.4, -0.2) is 13.0 Å². The first-order valence-corrected chi connectivity index (χ1v) is 9.89. The summed E-state index contributed by atoms with van der Waals surface area (Å²) in [6, 6.07) is 8.43. The summed E-state index contributed by atoms with van der Waals surface area (Å²) in [5, 5.41) is 1.72. The van der Waals surface area contributed by atoms with Crippen molar-refractivity contribution in [3.8, 4) is 0 Å². The molecule has 5 nitrogen and oxygen atoms in total. The molecule has 0 spiro atoms. The zero-order valence-corrected chi connectivity index (χ0v) is 14.2. The zero-order chi connectivity index (χ0) is 15.7. The average Bonchev–Trinajstić information content (AvgIpc) is 3.08. The van der Waals surface area contributed by atoms with Crippen LogP contribution in [0.4, 0.5) is 5.69 Å². The third-order valence-electron chi connectivity index (χ3n) is 3.13. The Kier molecular flexibility index (Phi) is 4.07. The van der Waals surface area contributed by atoms with Gasteiger partial charge in [0.25, 0.3) is 10.0 Å². The summed E-state index contributed by atoms with van der Waals surface area (Å²) < 4.78 is 29.7. The highest BCUT2D eigenvalue weighted by molar-refractivity contribution is 7.94. The molecule has 0 aliphatic rings. The SMILES string of the molecule is CCCn1c(=O)sc2cc(NS(=O)(=O)c3cccs3)ccc21. The molecule has 3 rings (SSSR count). The van der Waals surface area contributed by atoms with Gasteiger partial charge >= 0.3 is 4.87 Å². The fourth-order valence-electron chi connectivity index (χ4n) is 2.19. The molecule has 0 saturated heterocycles. The van der Waals surface area contributed by atoms with Crippen molar-refractivity contribution in [2.24, 2.45) is 0 Å². The van der Waals surface area contributed by atoms with Crippen LogP contribution in [0.2, 0.25) is 0 Å². The number of benzene rings is 1. The summed E-state index contributed by atoms with van der Waals surface area (Å²) in [5.74, 6) is 0. The minimum Gasteiger partial charge on any atom is -0.299 e. The highest BCUT2D eigenvalue weighted by Crippen LogP contribution is 2.25. The van der Waals surface area contributed by atoms with Gasteiger partial charge in [0.15, 0.2) is 0 Å². The maximum atomic E-state index is 12.2. The molecular formula is C14H14N2O3S3. The molecule has 22 heavy (non-hydrogen) atoms. The molecule has 0 unspecified atom stereocenters. The first-order chi connectivity index (χ1) is 10.5. The van der Waals surface area contributed by atoms with E-state index in [0.29, 0.717) is 12.2 Å². The van der Waals surface area contributed by atoms with Crippen LogP contribution in [0.5, 0.6) is 0 Å². The van der Waals surface area contributed by atoms with Crippen LogP contribution in [0.1, 0.15) is 13.3 Å². The standard InChI is InChI=1S/C14H14N2O3S3/c1-2-7-16-11-6-5-10(9-12(11)21-14(16)17)15-22(18,19)13-4-3-8-20-13/h3-6,8-9,15H,2,7H2,1H3. The van der Waals surface area contributed by atoms with Crippen LogP contribution >= 0.6 is 22.7 Å². The largest absolute Gasteiger partial charge is 0.308 e. The quantitative estimate of drug-likeness (QED) is 0.764. The van der Waals surface area contributed by atoms with Crippen LogP contribution in [0.25, 0.3) is 10.2 Å². The molecule has 0 radical (unpaired) electrons. The summed E-state index contributed by atoms with van der Waals surface area (Å²) in [7, 11) is -3.56. The number of hydrogen-bond donors (Lipinski definition) is 1. The number of thiophene rings is 1. The Morgan fingerprint density at radius 2 is 2.09 bits per heavy atom. The number of anilines is 1. The van der Waals surface area contributed by atoms with Gasteiger partial charge in [-0.05, 0) is 36.1 Å². The van der Waals surface area contributed by atoms with E-state index >= 15 is 0 Å². The van der Waals surface area contributed by atoms with Gasteiger partial charge in [0.05, 0.1) is 15.9 Å². The third-order valence-corrected chi connectivity index (χ3v) is 6.85. The molecule has 116 valence electrons. The topological polar surface area (TPSA) is 68.2 Å². The third kappa shape index (κ3) is 2.81. The Balaban J connectivity index is 1.98. The molecule has 0 saturated carbocycles. The van der Waals surface area contributed by atoms with E-state index in [1.165, 1.54) is 0 Å². The number of hydrogen-bond acceptors (Lipinski definition) is 5. The van der Waals surface area contributed by atoms with E-state index in [1.54, 1.807) is 40.3 Å². The fraction of sp³-hybridized carbons (Fsp3) is 0.214. The van der Waals surface area contributed by atoms with Gasteiger partial charge in [-0.25, -0.2) is 8.42 Å². The maximum Gasteiger partial charge on any atom is 0.308 e. The number of rotatable bonds is 5. The molecule has 0 fully saturated rings. The van der Waals surface area contributed by atoms with E-state index in [0.717, 1.165) is 39.3 Å². The second-order valence-corrected chi connectivity index (χ2v) is 8.59. The minimum atomic E-state index is -3.56. The van der Waals surface area contributed by atoms with Crippen molar-refractivity contribution in [2.45, 2.75) is 24.1 Å². The van der Waals surface area contributed by atoms with Gasteiger partial charge in [-0.3, -0.25) is 14.1 Å². The highest BCUT2D eigenvalue weighted by Gasteiger charge is 2.16. The number of sulfonamides is 1. The number of nitrogens with one attached hydrogen (secondary N) is 1. The summed E-state index contributed by atoms with van der Waals surface area (Å²) in [4.78, 5) is 11.9. The van der Waals surface area contributed by atoms with Crippen LogP contribution in [0, 0.1) is 0 Å². The lowest BCUT2D eigenvalue weighted by Gasteiger charge is -2.07. The summed E-state index contributed by atoms with van der Waals surface area (Å²) in [6.45, 7) is 2.68. The monoisotopic (exact) mass is 354 g/mol. The lowest BCUT2D eigenvalue weighted by molar-refractivity contribution is 0.603. The fourth-order valence-corrected chi connectivity index (χ4v) is 5.19. The van der Waals surface area contributed by atoms with Gasteiger partial charge in [0.2, 0.25) is 0 Å². The zero-order valence-electron chi connectivity index (χ0n) is 11.8. The first kappa shape index (κ1) is 15.3. The highest BCUT2D eigenvalue weighted by atomic mass is 32.2. The van der Waals surface area contributed by atoms with Crippen molar-refractivity contribution < 1.29 is 8.42 Å². The minimum absolute atomic E-state index is 0.0184. The molecule has 0 aliphatic carbocycles. The second-order valence-electron chi connectivity index (χ2n) is 4.74. The van der Waals surface area contributed by atoms with Crippen LogP contribution in [0.3, 0.4) is 0 Å². The Hall–Kier alpha value is -1.64. The maximum absolute atomic E-state index is 12.2. The Bertz CT molecular complexity index is 953. The van der Waals surface area contributed by atoms with Gasteiger partial charge in [0, 0.05) is 6.54 Å². The van der Waals surface area contributed by atoms with Crippen molar-refractivity contribution in [1.82, 2.24) is 4.57 Å². The molecule has 8 heteroatoms. The summed E-state index contributed by atoms with van der Waals surface area (Å²) in [6.07, 6.45) is 0.874. The van der Waals surface area contributed by atoms with Gasteiger partial charge in [-0.1, -0.05) is 24.3 Å². The van der Waals surface area contributed by atoms with E-state index in [-0.39, 0.29) is 9.08 Å². The normalized spacial score (nSPS) is 11.9. The molecule has 0 atom stereocenters. The average molecular weight is 354 g/mol. The van der Waals surface area contributed by atoms with Crippen molar-refractivity contribution in [1.29, 1.82) is 0 Å². The number of aromatic nitrogens is 1.